The third-order valence-electron chi connectivity index (χ3n) is 3.33. The molecule has 1 unspecified atom stereocenters. The Bertz CT molecular complexity index is 432. The van der Waals surface area contributed by atoms with Crippen molar-refractivity contribution in [1.29, 1.82) is 0 Å². The van der Waals surface area contributed by atoms with Gasteiger partial charge in [-0.1, -0.05) is 26.2 Å². The summed E-state index contributed by atoms with van der Waals surface area (Å²) >= 11 is 0. The lowest BCUT2D eigenvalue weighted by molar-refractivity contribution is -0.133. The number of nitrogens with one attached hydrogen (secondary N) is 1. The molecule has 5 heteroatoms. The van der Waals surface area contributed by atoms with Crippen LogP contribution in [0.5, 0.6) is 0 Å². The summed E-state index contributed by atoms with van der Waals surface area (Å²) in [5.74, 6) is -0.445. The molecule has 0 saturated carbocycles. The van der Waals surface area contributed by atoms with Gasteiger partial charge in [0.25, 0.3) is 6.47 Å². The molecule has 0 aliphatic carbocycles. The van der Waals surface area contributed by atoms with Gasteiger partial charge in [-0.3, -0.25) is 9.59 Å². The third kappa shape index (κ3) is 6.79. The first kappa shape index (κ1) is 17.0. The summed E-state index contributed by atoms with van der Waals surface area (Å²) in [4.78, 5) is 21.5. The summed E-state index contributed by atoms with van der Waals surface area (Å²) in [6, 6.07) is 6.91. The maximum atomic E-state index is 11.0. The van der Waals surface area contributed by atoms with Crippen molar-refractivity contribution in [2.45, 2.75) is 45.1 Å². The van der Waals surface area contributed by atoms with Gasteiger partial charge in [-0.05, 0) is 37.1 Å². The summed E-state index contributed by atoms with van der Waals surface area (Å²) in [7, 11) is 0. The number of carbonyl (C=O) groups excluding carboxylic acids is 2. The molecule has 21 heavy (non-hydrogen) atoms. The van der Waals surface area contributed by atoms with Crippen LogP contribution in [-0.2, 0) is 9.53 Å². The summed E-state index contributed by atoms with van der Waals surface area (Å²) in [5.41, 5.74) is 6.53. The molecular weight excluding hydrogens is 268 g/mol. The monoisotopic (exact) mass is 292 g/mol. The molecule has 0 spiro atoms. The fourth-order valence-corrected chi connectivity index (χ4v) is 2.08. The van der Waals surface area contributed by atoms with E-state index in [0.717, 1.165) is 24.9 Å². The predicted octanol–water partition coefficient (Wildman–Crippen LogP) is 2.71. The first-order chi connectivity index (χ1) is 10.2. The largest absolute Gasteiger partial charge is 0.463 e. The van der Waals surface area contributed by atoms with E-state index in [1.54, 1.807) is 24.3 Å². The second-order valence-electron chi connectivity index (χ2n) is 5.03. The summed E-state index contributed by atoms with van der Waals surface area (Å²) in [6.07, 6.45) is 5.32. The highest BCUT2D eigenvalue weighted by molar-refractivity contribution is 5.93. The Kier molecular flexibility index (Phi) is 7.94. The molecule has 116 valence electrons. The maximum absolute atomic E-state index is 11.0. The Morgan fingerprint density at radius 3 is 2.57 bits per heavy atom. The second-order valence-corrected chi connectivity index (χ2v) is 5.03. The van der Waals surface area contributed by atoms with Crippen LogP contribution < -0.4 is 11.1 Å². The van der Waals surface area contributed by atoms with Crippen LogP contribution in [0.25, 0.3) is 0 Å². The molecule has 1 amide bonds. The molecule has 0 aliphatic heterocycles. The topological polar surface area (TPSA) is 81.4 Å². The molecular formula is C16H24N2O3. The molecule has 0 heterocycles. The number of rotatable bonds is 11. The van der Waals surface area contributed by atoms with Crippen LogP contribution in [0.2, 0.25) is 0 Å². The van der Waals surface area contributed by atoms with Crippen LogP contribution in [-0.4, -0.2) is 25.0 Å². The molecule has 0 aromatic heterocycles. The molecule has 0 bridgehead atoms. The number of unbranched alkanes of at least 4 members (excludes halogenated alkanes) is 3. The number of benzene rings is 1. The predicted molar refractivity (Wildman–Crippen MR) is 83.1 cm³/mol. The Morgan fingerprint density at radius 2 is 2.00 bits per heavy atom. The smallest absolute Gasteiger partial charge is 0.293 e. The quantitative estimate of drug-likeness (QED) is 0.485. The number of hydrogen-bond acceptors (Lipinski definition) is 4. The fraction of sp³-hybridized carbons (Fsp3) is 0.500. The van der Waals surface area contributed by atoms with Crippen molar-refractivity contribution in [2.75, 3.05) is 11.9 Å². The van der Waals surface area contributed by atoms with Crippen LogP contribution >= 0.6 is 0 Å². The Labute approximate surface area is 125 Å². The first-order valence-corrected chi connectivity index (χ1v) is 7.40. The van der Waals surface area contributed by atoms with Gasteiger partial charge in [-0.2, -0.15) is 0 Å². The molecule has 0 saturated heterocycles. The standard InChI is InChI=1S/C16H24N2O3/c1-2-3-4-5-6-15(21-12-19)11-18-14-9-7-13(8-10-14)16(17)20/h7-10,12,15,18H,2-6,11H2,1H3,(H2,17,20). The van der Waals surface area contributed by atoms with E-state index in [4.69, 9.17) is 10.5 Å². The SMILES string of the molecule is CCCCCCC(CNc1ccc(C(N)=O)cc1)OC=O. The van der Waals surface area contributed by atoms with Gasteiger partial charge in [0, 0.05) is 11.3 Å². The van der Waals surface area contributed by atoms with E-state index in [2.05, 4.69) is 12.2 Å². The van der Waals surface area contributed by atoms with Gasteiger partial charge in [0.15, 0.2) is 0 Å². The Morgan fingerprint density at radius 1 is 1.29 bits per heavy atom. The van der Waals surface area contributed by atoms with Crippen LogP contribution in [0.1, 0.15) is 49.4 Å². The van der Waals surface area contributed by atoms with Gasteiger partial charge in [0.1, 0.15) is 6.10 Å². The zero-order chi connectivity index (χ0) is 15.5. The van der Waals surface area contributed by atoms with Crippen LogP contribution in [0.15, 0.2) is 24.3 Å². The zero-order valence-corrected chi connectivity index (χ0v) is 12.5. The number of hydrogen-bond donors (Lipinski definition) is 2. The van der Waals surface area contributed by atoms with E-state index >= 15 is 0 Å². The van der Waals surface area contributed by atoms with Crippen LogP contribution in [0.4, 0.5) is 5.69 Å². The average molecular weight is 292 g/mol. The van der Waals surface area contributed by atoms with E-state index in [0.29, 0.717) is 18.6 Å². The average Bonchev–Trinajstić information content (AvgIpc) is 2.49. The van der Waals surface area contributed by atoms with Crippen molar-refractivity contribution in [3.05, 3.63) is 29.8 Å². The van der Waals surface area contributed by atoms with E-state index in [1.807, 2.05) is 0 Å². The second kappa shape index (κ2) is 9.80. The molecule has 3 N–H and O–H groups in total. The summed E-state index contributed by atoms with van der Waals surface area (Å²) in [6.45, 7) is 3.22. The lowest BCUT2D eigenvalue weighted by Crippen LogP contribution is -2.23. The molecule has 1 aromatic rings. The molecule has 1 atom stereocenters. The summed E-state index contributed by atoms with van der Waals surface area (Å²) in [5, 5.41) is 3.20. The van der Waals surface area contributed by atoms with Crippen molar-refractivity contribution < 1.29 is 14.3 Å². The van der Waals surface area contributed by atoms with E-state index in [-0.39, 0.29) is 6.10 Å². The molecule has 0 aliphatic rings. The van der Waals surface area contributed by atoms with Crippen molar-refractivity contribution >= 4 is 18.1 Å². The highest BCUT2D eigenvalue weighted by Crippen LogP contribution is 2.12. The molecule has 5 nitrogen and oxygen atoms in total. The zero-order valence-electron chi connectivity index (χ0n) is 12.5. The highest BCUT2D eigenvalue weighted by atomic mass is 16.5. The molecule has 0 radical (unpaired) electrons. The van der Waals surface area contributed by atoms with Crippen LogP contribution in [0, 0.1) is 0 Å². The molecule has 0 fully saturated rings. The highest BCUT2D eigenvalue weighted by Gasteiger charge is 2.09. The van der Waals surface area contributed by atoms with E-state index < -0.39 is 5.91 Å². The van der Waals surface area contributed by atoms with Crippen LogP contribution in [0.3, 0.4) is 0 Å². The third-order valence-corrected chi connectivity index (χ3v) is 3.33. The van der Waals surface area contributed by atoms with Gasteiger partial charge in [0.05, 0.1) is 6.54 Å². The summed E-state index contributed by atoms with van der Waals surface area (Å²) < 4.78 is 5.09. The number of amides is 1. The molecule has 1 aromatic carbocycles. The number of primary amides is 1. The minimum atomic E-state index is -0.445. The lowest BCUT2D eigenvalue weighted by atomic mass is 10.1. The number of nitrogens with two attached hydrogens (primary N) is 1. The number of ether oxygens (including phenoxy) is 1. The van der Waals surface area contributed by atoms with Crippen molar-refractivity contribution in [2.24, 2.45) is 5.73 Å². The van der Waals surface area contributed by atoms with Gasteiger partial charge in [-0.25, -0.2) is 0 Å². The van der Waals surface area contributed by atoms with Crippen molar-refractivity contribution in [3.8, 4) is 0 Å². The van der Waals surface area contributed by atoms with E-state index in [1.165, 1.54) is 12.8 Å². The minimum Gasteiger partial charge on any atom is -0.463 e. The normalized spacial score (nSPS) is 11.7. The fourth-order valence-electron chi connectivity index (χ4n) is 2.08. The van der Waals surface area contributed by atoms with Gasteiger partial charge < -0.3 is 15.8 Å². The Hall–Kier alpha value is -2.04. The van der Waals surface area contributed by atoms with Gasteiger partial charge >= 0.3 is 0 Å². The van der Waals surface area contributed by atoms with Crippen molar-refractivity contribution in [3.63, 3.8) is 0 Å². The maximum Gasteiger partial charge on any atom is 0.293 e. The van der Waals surface area contributed by atoms with Crippen molar-refractivity contribution in [1.82, 2.24) is 0 Å². The van der Waals surface area contributed by atoms with Gasteiger partial charge in [0.2, 0.25) is 5.91 Å². The first-order valence-electron chi connectivity index (χ1n) is 7.40. The molecule has 1 rings (SSSR count). The Balaban J connectivity index is 2.40. The van der Waals surface area contributed by atoms with Gasteiger partial charge in [-0.15, -0.1) is 0 Å². The lowest BCUT2D eigenvalue weighted by Gasteiger charge is -2.16. The number of anilines is 1. The number of carbonyl (C=O) groups is 2. The minimum absolute atomic E-state index is 0.129. The van der Waals surface area contributed by atoms with E-state index in [9.17, 15) is 9.59 Å².